The van der Waals surface area contributed by atoms with E-state index in [9.17, 15) is 9.59 Å². The van der Waals surface area contributed by atoms with Crippen molar-refractivity contribution in [3.8, 4) is 5.75 Å². The molecule has 27 heavy (non-hydrogen) atoms. The van der Waals surface area contributed by atoms with Crippen LogP contribution < -0.4 is 4.74 Å². The topological polar surface area (TPSA) is 97.0 Å². The lowest BCUT2D eigenvalue weighted by Crippen LogP contribution is -2.27. The Bertz CT molecular complexity index is 995. The number of carbonyl (C=O) groups is 2. The van der Waals surface area contributed by atoms with Crippen LogP contribution in [0.5, 0.6) is 5.75 Å². The number of benzene rings is 1. The van der Waals surface area contributed by atoms with Gasteiger partial charge in [0.15, 0.2) is 12.3 Å². The Labute approximate surface area is 156 Å². The first-order chi connectivity index (χ1) is 12.8. The number of aromatic nitrogens is 3. The zero-order chi connectivity index (χ0) is 19.6. The number of fused-ring (bicyclic) bond motifs is 1. The van der Waals surface area contributed by atoms with E-state index in [2.05, 4.69) is 10.1 Å². The van der Waals surface area contributed by atoms with Gasteiger partial charge in [-0.15, -0.1) is 0 Å². The molecule has 0 aliphatic heterocycles. The predicted molar refractivity (Wildman–Crippen MR) is 97.8 cm³/mol. The van der Waals surface area contributed by atoms with E-state index >= 15 is 0 Å². The van der Waals surface area contributed by atoms with Crippen LogP contribution in [0.2, 0.25) is 0 Å². The van der Waals surface area contributed by atoms with Gasteiger partial charge >= 0.3 is 5.97 Å². The first-order valence-corrected chi connectivity index (χ1v) is 8.36. The molecule has 0 aliphatic carbocycles. The highest BCUT2D eigenvalue weighted by atomic mass is 16.5. The summed E-state index contributed by atoms with van der Waals surface area (Å²) in [5.41, 5.74) is 3.68. The van der Waals surface area contributed by atoms with Gasteiger partial charge in [-0.05, 0) is 31.5 Å². The highest BCUT2D eigenvalue weighted by Gasteiger charge is 2.18. The number of hydrogen-bond donors (Lipinski definition) is 1. The number of rotatable bonds is 6. The van der Waals surface area contributed by atoms with E-state index in [0.717, 1.165) is 17.0 Å². The second-order valence-corrected chi connectivity index (χ2v) is 6.30. The van der Waals surface area contributed by atoms with Crippen LogP contribution in [0.15, 0.2) is 36.5 Å². The fourth-order valence-corrected chi connectivity index (χ4v) is 2.76. The van der Waals surface area contributed by atoms with E-state index in [1.807, 2.05) is 19.9 Å². The number of nitrogens with zero attached hydrogens (tertiary/aromatic N) is 4. The third-order valence-corrected chi connectivity index (χ3v) is 4.13. The average Bonchev–Trinajstić information content (AvgIpc) is 3.02. The highest BCUT2D eigenvalue weighted by Crippen LogP contribution is 2.16. The molecular formula is C19H20N4O4. The molecule has 3 aromatic rings. The maximum Gasteiger partial charge on any atom is 0.341 e. The predicted octanol–water partition coefficient (Wildman–Crippen LogP) is 2.08. The average molecular weight is 368 g/mol. The number of aryl methyl sites for hydroxylation is 2. The van der Waals surface area contributed by atoms with E-state index in [-0.39, 0.29) is 12.5 Å². The van der Waals surface area contributed by atoms with Gasteiger partial charge in [-0.1, -0.05) is 12.1 Å². The summed E-state index contributed by atoms with van der Waals surface area (Å²) in [7, 11) is 1.72. The largest absolute Gasteiger partial charge is 0.482 e. The fourth-order valence-electron chi connectivity index (χ4n) is 2.76. The number of carboxylic acid groups (broad SMARTS) is 1. The first kappa shape index (κ1) is 18.4. The molecule has 1 amide bonds. The lowest BCUT2D eigenvalue weighted by atomic mass is 10.1. The molecule has 0 bridgehead atoms. The summed E-state index contributed by atoms with van der Waals surface area (Å²) >= 11 is 0. The van der Waals surface area contributed by atoms with Gasteiger partial charge in [0, 0.05) is 25.9 Å². The van der Waals surface area contributed by atoms with Crippen molar-refractivity contribution in [2.45, 2.75) is 20.4 Å². The van der Waals surface area contributed by atoms with E-state index in [4.69, 9.17) is 9.84 Å². The van der Waals surface area contributed by atoms with Gasteiger partial charge in [-0.2, -0.15) is 5.10 Å². The SMILES string of the molecule is Cc1cc2ncc(C(=O)N(C)Cc3ccc(OCC(=O)O)cc3)c(C)n2n1. The maximum atomic E-state index is 12.8. The number of carboxylic acids is 1. The Morgan fingerprint density at radius 3 is 2.59 bits per heavy atom. The molecule has 2 heterocycles. The van der Waals surface area contributed by atoms with Crippen LogP contribution >= 0.6 is 0 Å². The second-order valence-electron chi connectivity index (χ2n) is 6.30. The quantitative estimate of drug-likeness (QED) is 0.715. The van der Waals surface area contributed by atoms with Crippen molar-refractivity contribution in [1.82, 2.24) is 19.5 Å². The van der Waals surface area contributed by atoms with E-state index < -0.39 is 5.97 Å². The zero-order valence-corrected chi connectivity index (χ0v) is 15.3. The van der Waals surface area contributed by atoms with E-state index in [0.29, 0.717) is 23.5 Å². The summed E-state index contributed by atoms with van der Waals surface area (Å²) in [6, 6.07) is 8.82. The lowest BCUT2D eigenvalue weighted by molar-refractivity contribution is -0.139. The summed E-state index contributed by atoms with van der Waals surface area (Å²) < 4.78 is 6.78. The van der Waals surface area contributed by atoms with Gasteiger partial charge < -0.3 is 14.7 Å². The summed E-state index contributed by atoms with van der Waals surface area (Å²) in [4.78, 5) is 29.2. The minimum absolute atomic E-state index is 0.152. The van der Waals surface area contributed by atoms with Crippen LogP contribution in [0.1, 0.15) is 27.3 Å². The van der Waals surface area contributed by atoms with Gasteiger partial charge in [0.1, 0.15) is 5.75 Å². The summed E-state index contributed by atoms with van der Waals surface area (Å²) in [5, 5.41) is 13.0. The fraction of sp³-hybridized carbons (Fsp3) is 0.263. The summed E-state index contributed by atoms with van der Waals surface area (Å²) in [6.45, 7) is 3.73. The van der Waals surface area contributed by atoms with Crippen LogP contribution in [0, 0.1) is 13.8 Å². The van der Waals surface area contributed by atoms with Crippen molar-refractivity contribution >= 4 is 17.5 Å². The molecule has 0 atom stereocenters. The maximum absolute atomic E-state index is 12.8. The highest BCUT2D eigenvalue weighted by molar-refractivity contribution is 5.95. The molecule has 3 rings (SSSR count). The Morgan fingerprint density at radius 1 is 1.22 bits per heavy atom. The standard InChI is InChI=1S/C19H20N4O4/c1-12-8-17-20-9-16(13(2)23(17)21-12)19(26)22(3)10-14-4-6-15(7-5-14)27-11-18(24)25/h4-9H,10-11H2,1-3H3,(H,24,25). The second kappa shape index (κ2) is 7.45. The van der Waals surface area contributed by atoms with Crippen LogP contribution in [0.4, 0.5) is 0 Å². The monoisotopic (exact) mass is 368 g/mol. The molecule has 8 heteroatoms. The summed E-state index contributed by atoms with van der Waals surface area (Å²) in [6.07, 6.45) is 1.58. The van der Waals surface area contributed by atoms with Crippen molar-refractivity contribution in [3.63, 3.8) is 0 Å². The van der Waals surface area contributed by atoms with E-state index in [1.165, 1.54) is 0 Å². The van der Waals surface area contributed by atoms with Crippen LogP contribution in [0.25, 0.3) is 5.65 Å². The molecule has 1 aromatic carbocycles. The molecule has 0 aliphatic rings. The molecular weight excluding hydrogens is 348 g/mol. The third-order valence-electron chi connectivity index (χ3n) is 4.13. The van der Waals surface area contributed by atoms with Gasteiger partial charge in [0.05, 0.1) is 17.0 Å². The molecule has 1 N–H and O–H groups in total. The molecule has 140 valence electrons. The number of hydrogen-bond acceptors (Lipinski definition) is 5. The number of carbonyl (C=O) groups excluding carboxylic acids is 1. The number of amides is 1. The Balaban J connectivity index is 1.72. The number of ether oxygens (including phenoxy) is 1. The van der Waals surface area contributed by atoms with Crippen molar-refractivity contribution in [1.29, 1.82) is 0 Å². The minimum Gasteiger partial charge on any atom is -0.482 e. The third kappa shape index (κ3) is 4.05. The smallest absolute Gasteiger partial charge is 0.341 e. The van der Waals surface area contributed by atoms with Crippen LogP contribution in [-0.4, -0.2) is 50.1 Å². The van der Waals surface area contributed by atoms with Crippen molar-refractivity contribution < 1.29 is 19.4 Å². The van der Waals surface area contributed by atoms with Crippen LogP contribution in [-0.2, 0) is 11.3 Å². The molecule has 8 nitrogen and oxygen atoms in total. The van der Waals surface area contributed by atoms with Crippen molar-refractivity contribution in [2.24, 2.45) is 0 Å². The Kier molecular flexibility index (Phi) is 5.07. The molecule has 0 spiro atoms. The van der Waals surface area contributed by atoms with Crippen molar-refractivity contribution in [3.05, 3.63) is 59.0 Å². The Morgan fingerprint density at radius 2 is 1.93 bits per heavy atom. The molecule has 0 saturated carbocycles. The van der Waals surface area contributed by atoms with Crippen molar-refractivity contribution in [2.75, 3.05) is 13.7 Å². The van der Waals surface area contributed by atoms with Crippen LogP contribution in [0.3, 0.4) is 0 Å². The number of aliphatic carboxylic acids is 1. The normalized spacial score (nSPS) is 10.8. The molecule has 0 fully saturated rings. The molecule has 0 unspecified atom stereocenters. The van der Waals surface area contributed by atoms with Gasteiger partial charge in [-0.25, -0.2) is 14.3 Å². The lowest BCUT2D eigenvalue weighted by Gasteiger charge is -2.18. The minimum atomic E-state index is -1.03. The van der Waals surface area contributed by atoms with Gasteiger partial charge in [-0.3, -0.25) is 4.79 Å². The van der Waals surface area contributed by atoms with Gasteiger partial charge in [0.2, 0.25) is 0 Å². The molecule has 0 radical (unpaired) electrons. The zero-order valence-electron chi connectivity index (χ0n) is 15.3. The van der Waals surface area contributed by atoms with Gasteiger partial charge in [0.25, 0.3) is 5.91 Å². The first-order valence-electron chi connectivity index (χ1n) is 8.36. The van der Waals surface area contributed by atoms with E-state index in [1.54, 1.807) is 46.9 Å². The molecule has 0 saturated heterocycles. The molecule has 2 aromatic heterocycles. The Hall–Kier alpha value is -3.42. The summed E-state index contributed by atoms with van der Waals surface area (Å²) in [5.74, 6) is -0.714.